The number of rotatable bonds is 4. The number of nitrogens with zero attached hydrogens (tertiary/aromatic N) is 1. The van der Waals surface area contributed by atoms with Gasteiger partial charge in [-0.05, 0) is 17.2 Å². The quantitative estimate of drug-likeness (QED) is 0.843. The number of hydrogen-bond acceptors (Lipinski definition) is 3. The Hall–Kier alpha value is -1.55. The van der Waals surface area contributed by atoms with Crippen LogP contribution in [0.2, 0.25) is 0 Å². The zero-order valence-electron chi connectivity index (χ0n) is 10.1. The summed E-state index contributed by atoms with van der Waals surface area (Å²) in [6, 6.07) is 6.11. The van der Waals surface area contributed by atoms with Gasteiger partial charge in [-0.2, -0.15) is 0 Å². The molecule has 2 rings (SSSR count). The molecule has 0 aromatic heterocycles. The summed E-state index contributed by atoms with van der Waals surface area (Å²) in [6.45, 7) is 1.80. The molecule has 4 nitrogen and oxygen atoms in total. The third-order valence-electron chi connectivity index (χ3n) is 2.96. The second-order valence-corrected chi connectivity index (χ2v) is 4.33. The normalized spacial score (nSPS) is 13.1. The molecule has 0 fully saturated rings. The summed E-state index contributed by atoms with van der Waals surface area (Å²) >= 11 is 0. The Labute approximate surface area is 101 Å². The van der Waals surface area contributed by atoms with E-state index in [4.69, 9.17) is 10.5 Å². The zero-order chi connectivity index (χ0) is 12.3. The van der Waals surface area contributed by atoms with Crippen LogP contribution >= 0.6 is 0 Å². The fourth-order valence-electron chi connectivity index (χ4n) is 2.01. The molecule has 0 atom stereocenters. The molecule has 17 heavy (non-hydrogen) atoms. The average Bonchev–Trinajstić information content (AvgIpc) is 2.76. The van der Waals surface area contributed by atoms with Crippen LogP contribution in [0.1, 0.15) is 17.5 Å². The molecular formula is C13H18N2O2. The number of fused-ring (bicyclic) bond motifs is 1. The molecule has 1 aromatic carbocycles. The summed E-state index contributed by atoms with van der Waals surface area (Å²) < 4.78 is 5.45. The predicted octanol–water partition coefficient (Wildman–Crippen LogP) is 0.929. The number of carbonyl (C=O) groups is 1. The summed E-state index contributed by atoms with van der Waals surface area (Å²) in [7, 11) is 1.81. The summed E-state index contributed by atoms with van der Waals surface area (Å²) in [5, 5.41) is 0. The molecule has 0 saturated carbocycles. The highest BCUT2D eigenvalue weighted by atomic mass is 16.5. The van der Waals surface area contributed by atoms with E-state index in [1.165, 1.54) is 5.56 Å². The topological polar surface area (TPSA) is 55.6 Å². The van der Waals surface area contributed by atoms with Crippen molar-refractivity contribution in [2.24, 2.45) is 5.73 Å². The van der Waals surface area contributed by atoms with Crippen LogP contribution in [0.4, 0.5) is 0 Å². The van der Waals surface area contributed by atoms with Crippen molar-refractivity contribution in [2.75, 3.05) is 20.2 Å². The van der Waals surface area contributed by atoms with Gasteiger partial charge >= 0.3 is 0 Å². The summed E-state index contributed by atoms with van der Waals surface area (Å²) in [5.41, 5.74) is 7.75. The average molecular weight is 234 g/mol. The van der Waals surface area contributed by atoms with E-state index in [-0.39, 0.29) is 5.91 Å². The number of ether oxygens (including phenoxy) is 1. The number of amides is 1. The number of benzene rings is 1. The van der Waals surface area contributed by atoms with Gasteiger partial charge in [0.25, 0.3) is 0 Å². The molecule has 0 aliphatic carbocycles. The Morgan fingerprint density at radius 1 is 1.53 bits per heavy atom. The monoisotopic (exact) mass is 234 g/mol. The summed E-state index contributed by atoms with van der Waals surface area (Å²) in [6.07, 6.45) is 1.37. The van der Waals surface area contributed by atoms with Crippen LogP contribution in [0.3, 0.4) is 0 Å². The lowest BCUT2D eigenvalue weighted by Gasteiger charge is -2.17. The van der Waals surface area contributed by atoms with E-state index >= 15 is 0 Å². The molecule has 0 saturated heterocycles. The molecule has 0 spiro atoms. The van der Waals surface area contributed by atoms with Gasteiger partial charge in [0.2, 0.25) is 5.91 Å². The smallest absolute Gasteiger partial charge is 0.223 e. The van der Waals surface area contributed by atoms with Crippen LogP contribution in [0, 0.1) is 0 Å². The third kappa shape index (κ3) is 2.77. The SMILES string of the molecule is CN(Cc1ccc2c(c1)CCO2)C(=O)CCN. The van der Waals surface area contributed by atoms with Crippen LogP contribution in [-0.4, -0.2) is 31.0 Å². The fraction of sp³-hybridized carbons (Fsp3) is 0.462. The van der Waals surface area contributed by atoms with Crippen molar-refractivity contribution in [1.29, 1.82) is 0 Å². The predicted molar refractivity (Wildman–Crippen MR) is 65.8 cm³/mol. The molecule has 1 heterocycles. The highest BCUT2D eigenvalue weighted by Crippen LogP contribution is 2.26. The Kier molecular flexibility index (Phi) is 3.64. The molecule has 1 aliphatic rings. The standard InChI is InChI=1S/C13H18N2O2/c1-15(13(16)4-6-14)9-10-2-3-12-11(8-10)5-7-17-12/h2-3,8H,4-7,9,14H2,1H3. The lowest BCUT2D eigenvalue weighted by Crippen LogP contribution is -2.27. The van der Waals surface area contributed by atoms with Gasteiger partial charge < -0.3 is 15.4 Å². The van der Waals surface area contributed by atoms with Crippen LogP contribution in [-0.2, 0) is 17.8 Å². The molecule has 0 unspecified atom stereocenters. The highest BCUT2D eigenvalue weighted by molar-refractivity contribution is 5.76. The molecular weight excluding hydrogens is 216 g/mol. The summed E-state index contributed by atoms with van der Waals surface area (Å²) in [4.78, 5) is 13.3. The van der Waals surface area contributed by atoms with Crippen LogP contribution < -0.4 is 10.5 Å². The maximum atomic E-state index is 11.6. The van der Waals surface area contributed by atoms with E-state index in [1.807, 2.05) is 19.2 Å². The van der Waals surface area contributed by atoms with Crippen LogP contribution in [0.25, 0.3) is 0 Å². The number of carbonyl (C=O) groups excluding carboxylic acids is 1. The van der Waals surface area contributed by atoms with E-state index < -0.39 is 0 Å². The molecule has 1 aliphatic heterocycles. The van der Waals surface area contributed by atoms with Crippen molar-refractivity contribution in [1.82, 2.24) is 4.90 Å². The van der Waals surface area contributed by atoms with Gasteiger partial charge in [0.15, 0.2) is 0 Å². The molecule has 0 bridgehead atoms. The number of hydrogen-bond donors (Lipinski definition) is 1. The minimum Gasteiger partial charge on any atom is -0.493 e. The Morgan fingerprint density at radius 3 is 3.12 bits per heavy atom. The van der Waals surface area contributed by atoms with Crippen molar-refractivity contribution < 1.29 is 9.53 Å². The van der Waals surface area contributed by atoms with Crippen molar-refractivity contribution in [3.05, 3.63) is 29.3 Å². The minimum atomic E-state index is 0.0873. The van der Waals surface area contributed by atoms with Gasteiger partial charge in [0.1, 0.15) is 5.75 Å². The van der Waals surface area contributed by atoms with Crippen molar-refractivity contribution in [3.8, 4) is 5.75 Å². The van der Waals surface area contributed by atoms with E-state index in [1.54, 1.807) is 4.90 Å². The van der Waals surface area contributed by atoms with Gasteiger partial charge in [-0.25, -0.2) is 0 Å². The maximum Gasteiger partial charge on any atom is 0.223 e. The minimum absolute atomic E-state index is 0.0873. The van der Waals surface area contributed by atoms with Crippen LogP contribution in [0.15, 0.2) is 18.2 Å². The van der Waals surface area contributed by atoms with E-state index in [0.29, 0.717) is 19.5 Å². The lowest BCUT2D eigenvalue weighted by molar-refractivity contribution is -0.130. The maximum absolute atomic E-state index is 11.6. The summed E-state index contributed by atoms with van der Waals surface area (Å²) in [5.74, 6) is 1.06. The molecule has 2 N–H and O–H groups in total. The van der Waals surface area contributed by atoms with Crippen LogP contribution in [0.5, 0.6) is 5.75 Å². The first kappa shape index (κ1) is 11.9. The van der Waals surface area contributed by atoms with Gasteiger partial charge in [0.05, 0.1) is 6.61 Å². The zero-order valence-corrected chi connectivity index (χ0v) is 10.1. The molecule has 0 radical (unpaired) electrons. The van der Waals surface area contributed by atoms with E-state index in [2.05, 4.69) is 6.07 Å². The van der Waals surface area contributed by atoms with Gasteiger partial charge in [-0.15, -0.1) is 0 Å². The largest absolute Gasteiger partial charge is 0.493 e. The van der Waals surface area contributed by atoms with E-state index in [9.17, 15) is 4.79 Å². The van der Waals surface area contributed by atoms with Gasteiger partial charge in [0, 0.05) is 33.0 Å². The second kappa shape index (κ2) is 5.19. The first-order valence-electron chi connectivity index (χ1n) is 5.89. The molecule has 4 heteroatoms. The molecule has 92 valence electrons. The Bertz CT molecular complexity index is 418. The lowest BCUT2D eigenvalue weighted by atomic mass is 10.1. The molecule has 1 aromatic rings. The van der Waals surface area contributed by atoms with E-state index in [0.717, 1.165) is 24.3 Å². The Morgan fingerprint density at radius 2 is 2.35 bits per heavy atom. The van der Waals surface area contributed by atoms with Crippen molar-refractivity contribution in [3.63, 3.8) is 0 Å². The first-order chi connectivity index (χ1) is 8.20. The third-order valence-corrected chi connectivity index (χ3v) is 2.96. The fourth-order valence-corrected chi connectivity index (χ4v) is 2.01. The van der Waals surface area contributed by atoms with Gasteiger partial charge in [-0.3, -0.25) is 4.79 Å². The first-order valence-corrected chi connectivity index (χ1v) is 5.89. The van der Waals surface area contributed by atoms with Gasteiger partial charge in [-0.1, -0.05) is 12.1 Å². The van der Waals surface area contributed by atoms with Crippen molar-refractivity contribution >= 4 is 5.91 Å². The Balaban J connectivity index is 2.01. The number of nitrogens with two attached hydrogens (primary N) is 1. The van der Waals surface area contributed by atoms with Crippen molar-refractivity contribution in [2.45, 2.75) is 19.4 Å². The highest BCUT2D eigenvalue weighted by Gasteiger charge is 2.13. The second-order valence-electron chi connectivity index (χ2n) is 4.33. The molecule has 1 amide bonds.